The van der Waals surface area contributed by atoms with Gasteiger partial charge in [-0.05, 0) is 76.9 Å². The van der Waals surface area contributed by atoms with Gasteiger partial charge in [0, 0.05) is 44.7 Å². The second-order valence-corrected chi connectivity index (χ2v) is 12.0. The molecule has 0 radical (unpaired) electrons. The molecule has 2 aliphatic heterocycles. The van der Waals surface area contributed by atoms with Crippen molar-refractivity contribution in [1.82, 2.24) is 19.6 Å². The van der Waals surface area contributed by atoms with E-state index in [2.05, 4.69) is 54.2 Å². The third-order valence-corrected chi connectivity index (χ3v) is 9.74. The van der Waals surface area contributed by atoms with Gasteiger partial charge in [0.2, 0.25) is 5.91 Å². The molecule has 1 atom stereocenters. The quantitative estimate of drug-likeness (QED) is 0.626. The number of urea groups is 1. The molecule has 2 saturated carbocycles. The van der Waals surface area contributed by atoms with Crippen LogP contribution >= 0.6 is 0 Å². The number of benzene rings is 1. The van der Waals surface area contributed by atoms with Crippen molar-refractivity contribution < 1.29 is 14.7 Å². The summed E-state index contributed by atoms with van der Waals surface area (Å²) in [7, 11) is 4.37. The Balaban J connectivity index is 1.30. The maximum Gasteiger partial charge on any atom is 0.320 e. The number of carbonyl (C=O) groups excluding carboxylic acids is 2. The molecule has 7 nitrogen and oxygen atoms in total. The molecule has 2 saturated heterocycles. The molecule has 1 aromatic carbocycles. The smallest absolute Gasteiger partial charge is 0.320 e. The van der Waals surface area contributed by atoms with E-state index in [0.29, 0.717) is 32.0 Å². The molecule has 7 heteroatoms. The topological polar surface area (TPSA) is 67.3 Å². The molecule has 2 aliphatic carbocycles. The van der Waals surface area contributed by atoms with Gasteiger partial charge in [-0.1, -0.05) is 36.8 Å². The minimum absolute atomic E-state index is 0.00379. The van der Waals surface area contributed by atoms with Crippen LogP contribution in [0.3, 0.4) is 0 Å². The van der Waals surface area contributed by atoms with E-state index in [1.165, 1.54) is 24.8 Å². The first-order chi connectivity index (χ1) is 17.3. The lowest BCUT2D eigenvalue weighted by molar-refractivity contribution is -0.134. The zero-order chi connectivity index (χ0) is 25.3. The van der Waals surface area contributed by atoms with Crippen LogP contribution in [0.25, 0.3) is 0 Å². The van der Waals surface area contributed by atoms with Crippen LogP contribution in [0.2, 0.25) is 0 Å². The Kier molecular flexibility index (Phi) is 7.32. The van der Waals surface area contributed by atoms with Gasteiger partial charge < -0.3 is 19.8 Å². The van der Waals surface area contributed by atoms with E-state index in [9.17, 15) is 14.7 Å². The van der Waals surface area contributed by atoms with Crippen molar-refractivity contribution in [1.29, 1.82) is 0 Å². The molecule has 1 aromatic rings. The molecule has 0 aromatic heterocycles. The average molecular weight is 497 g/mol. The van der Waals surface area contributed by atoms with E-state index < -0.39 is 6.10 Å². The maximum absolute atomic E-state index is 13.7. The largest absolute Gasteiger partial charge is 0.391 e. The maximum atomic E-state index is 13.7. The fourth-order valence-corrected chi connectivity index (χ4v) is 7.13. The van der Waals surface area contributed by atoms with Crippen LogP contribution in [-0.2, 0) is 10.3 Å². The first kappa shape index (κ1) is 25.5. The van der Waals surface area contributed by atoms with E-state index in [1.54, 1.807) is 4.90 Å². The minimum atomic E-state index is -0.416. The number of aliphatic hydroxyl groups excluding tert-OH is 1. The number of carbonyl (C=O) groups is 2. The van der Waals surface area contributed by atoms with Crippen molar-refractivity contribution in [2.75, 3.05) is 46.8 Å². The number of β-amino-alcohol motifs (C(OH)–C–C–N with tert-alkyl or cyclic N) is 1. The lowest BCUT2D eigenvalue weighted by Gasteiger charge is -2.51. The lowest BCUT2D eigenvalue weighted by Crippen LogP contribution is -2.56. The average Bonchev–Trinajstić information content (AvgIpc) is 3.11. The van der Waals surface area contributed by atoms with Gasteiger partial charge >= 0.3 is 6.03 Å². The summed E-state index contributed by atoms with van der Waals surface area (Å²) in [6, 6.07) is 11.0. The number of amides is 3. The minimum Gasteiger partial charge on any atom is -0.391 e. The summed E-state index contributed by atoms with van der Waals surface area (Å²) in [5.74, 6) is 0.685. The van der Waals surface area contributed by atoms with E-state index in [-0.39, 0.29) is 23.0 Å². The molecule has 1 spiro atoms. The van der Waals surface area contributed by atoms with Crippen LogP contribution in [0.15, 0.2) is 30.3 Å². The second-order valence-electron chi connectivity index (χ2n) is 12.0. The molecule has 1 unspecified atom stereocenters. The van der Waals surface area contributed by atoms with Crippen LogP contribution in [0.1, 0.15) is 69.8 Å². The van der Waals surface area contributed by atoms with Gasteiger partial charge in [-0.25, -0.2) is 4.79 Å². The van der Waals surface area contributed by atoms with Gasteiger partial charge in [0.05, 0.1) is 11.6 Å². The molecule has 0 bridgehead atoms. The summed E-state index contributed by atoms with van der Waals surface area (Å²) >= 11 is 0. The summed E-state index contributed by atoms with van der Waals surface area (Å²) in [5.41, 5.74) is 1.23. The highest BCUT2D eigenvalue weighted by Gasteiger charge is 2.54. The highest BCUT2D eigenvalue weighted by molar-refractivity contribution is 5.80. The highest BCUT2D eigenvalue weighted by Crippen LogP contribution is 2.49. The summed E-state index contributed by atoms with van der Waals surface area (Å²) < 4.78 is 0. The predicted molar refractivity (Wildman–Crippen MR) is 140 cm³/mol. The summed E-state index contributed by atoms with van der Waals surface area (Å²) in [6.45, 7) is 3.21. The molecule has 3 amide bonds. The number of hydrogen-bond acceptors (Lipinski definition) is 4. The monoisotopic (exact) mass is 496 g/mol. The van der Waals surface area contributed by atoms with Crippen molar-refractivity contribution in [2.45, 2.75) is 81.4 Å². The number of hydrogen-bond donors (Lipinski definition) is 1. The zero-order valence-corrected chi connectivity index (χ0v) is 22.2. The van der Waals surface area contributed by atoms with Crippen molar-refractivity contribution in [3.05, 3.63) is 35.9 Å². The standard InChI is InChI=1S/C29H44N4O3/c1-30(2)29(24-10-4-3-5-11-24)16-14-28(15-17-29)22-32(27(36)33(28)20-23-8-6-9-23)19-13-26(35)31-18-7-12-25(34)21-31/h3-5,10-11,23,25,34H,6-9,12-22H2,1-2H3. The molecule has 36 heavy (non-hydrogen) atoms. The van der Waals surface area contributed by atoms with Gasteiger partial charge in [-0.3, -0.25) is 9.69 Å². The number of aliphatic hydroxyl groups is 1. The summed E-state index contributed by atoms with van der Waals surface area (Å²) in [6.07, 6.45) is 9.29. The number of rotatable bonds is 7. The summed E-state index contributed by atoms with van der Waals surface area (Å²) in [5, 5.41) is 9.96. The molecule has 2 heterocycles. The van der Waals surface area contributed by atoms with Gasteiger partial charge in [0.25, 0.3) is 0 Å². The molecule has 5 rings (SSSR count). The van der Waals surface area contributed by atoms with Crippen LogP contribution in [-0.4, -0.2) is 95.1 Å². The van der Waals surface area contributed by atoms with E-state index >= 15 is 0 Å². The fraction of sp³-hybridized carbons (Fsp3) is 0.724. The Morgan fingerprint density at radius 3 is 2.39 bits per heavy atom. The lowest BCUT2D eigenvalue weighted by atomic mass is 9.68. The Morgan fingerprint density at radius 2 is 1.78 bits per heavy atom. The van der Waals surface area contributed by atoms with Crippen molar-refractivity contribution >= 4 is 11.9 Å². The van der Waals surface area contributed by atoms with Crippen molar-refractivity contribution in [3.63, 3.8) is 0 Å². The van der Waals surface area contributed by atoms with E-state index in [1.807, 2.05) is 4.90 Å². The molecular formula is C29H44N4O3. The number of nitrogens with zero attached hydrogens (tertiary/aromatic N) is 4. The zero-order valence-electron chi connectivity index (χ0n) is 22.2. The van der Waals surface area contributed by atoms with Gasteiger partial charge in [-0.15, -0.1) is 0 Å². The third kappa shape index (κ3) is 4.76. The number of likely N-dealkylation sites (tertiary alicyclic amines) is 1. The van der Waals surface area contributed by atoms with Gasteiger partial charge in [-0.2, -0.15) is 0 Å². The van der Waals surface area contributed by atoms with Crippen LogP contribution in [0.5, 0.6) is 0 Å². The van der Waals surface area contributed by atoms with E-state index in [0.717, 1.165) is 51.6 Å². The van der Waals surface area contributed by atoms with Gasteiger partial charge in [0.1, 0.15) is 0 Å². The second kappa shape index (κ2) is 10.3. The molecular weight excluding hydrogens is 452 g/mol. The van der Waals surface area contributed by atoms with Crippen LogP contribution in [0.4, 0.5) is 4.79 Å². The predicted octanol–water partition coefficient (Wildman–Crippen LogP) is 3.67. The van der Waals surface area contributed by atoms with E-state index in [4.69, 9.17) is 0 Å². The van der Waals surface area contributed by atoms with Crippen LogP contribution in [0, 0.1) is 5.92 Å². The molecule has 4 aliphatic rings. The first-order valence-electron chi connectivity index (χ1n) is 14.1. The van der Waals surface area contributed by atoms with Crippen molar-refractivity contribution in [2.24, 2.45) is 5.92 Å². The molecule has 4 fully saturated rings. The van der Waals surface area contributed by atoms with Gasteiger partial charge in [0.15, 0.2) is 0 Å². The summed E-state index contributed by atoms with van der Waals surface area (Å²) in [4.78, 5) is 34.9. The third-order valence-electron chi connectivity index (χ3n) is 9.74. The Bertz CT molecular complexity index is 924. The normalized spacial score (nSPS) is 31.4. The highest BCUT2D eigenvalue weighted by atomic mass is 16.3. The Hall–Kier alpha value is -2.12. The Morgan fingerprint density at radius 1 is 1.06 bits per heavy atom. The molecule has 198 valence electrons. The molecule has 1 N–H and O–H groups in total. The van der Waals surface area contributed by atoms with Crippen molar-refractivity contribution in [3.8, 4) is 0 Å². The fourth-order valence-electron chi connectivity index (χ4n) is 7.13. The Labute approximate surface area is 216 Å². The first-order valence-corrected chi connectivity index (χ1v) is 14.1. The van der Waals surface area contributed by atoms with Crippen LogP contribution < -0.4 is 0 Å². The number of piperidine rings is 1. The SMILES string of the molecule is CN(C)C1(c2ccccc2)CCC2(CC1)CN(CCC(=O)N1CCCC(O)C1)C(=O)N2CC1CCC1.